The number of amides is 3. The maximum Gasteiger partial charge on any atom is 0.257 e. The van der Waals surface area contributed by atoms with Gasteiger partial charge in [-0.2, -0.15) is 0 Å². The average Bonchev–Trinajstić information content (AvgIpc) is 3.63. The molecule has 5 rings (SSSR count). The molecule has 184 valence electrons. The van der Waals surface area contributed by atoms with Crippen molar-refractivity contribution in [2.24, 2.45) is 0 Å². The first kappa shape index (κ1) is 23.4. The molecule has 3 fully saturated rings. The van der Waals surface area contributed by atoms with Crippen molar-refractivity contribution in [3.63, 3.8) is 0 Å². The Morgan fingerprint density at radius 3 is 2.46 bits per heavy atom. The van der Waals surface area contributed by atoms with Gasteiger partial charge in [-0.25, -0.2) is 0 Å². The van der Waals surface area contributed by atoms with Crippen molar-refractivity contribution < 1.29 is 23.9 Å². The van der Waals surface area contributed by atoms with Gasteiger partial charge in [0.15, 0.2) is 0 Å². The zero-order valence-electron chi connectivity index (χ0n) is 20.2. The van der Waals surface area contributed by atoms with E-state index in [4.69, 9.17) is 9.47 Å². The van der Waals surface area contributed by atoms with Crippen LogP contribution in [0.15, 0.2) is 48.5 Å². The number of rotatable bonds is 5. The van der Waals surface area contributed by atoms with Gasteiger partial charge in [0.05, 0.1) is 13.7 Å². The van der Waals surface area contributed by atoms with Crippen LogP contribution in [0.2, 0.25) is 0 Å². The first-order chi connectivity index (χ1) is 16.9. The Labute approximate surface area is 205 Å². The number of carbonyl (C=O) groups excluding carboxylic acids is 3. The van der Waals surface area contributed by atoms with Crippen LogP contribution < -0.4 is 10.1 Å². The minimum absolute atomic E-state index is 0.0235. The minimum atomic E-state index is -0.936. The number of benzene rings is 2. The van der Waals surface area contributed by atoms with Crippen molar-refractivity contribution in [2.75, 3.05) is 26.8 Å². The monoisotopic (exact) mass is 477 g/mol. The van der Waals surface area contributed by atoms with E-state index >= 15 is 0 Å². The molecule has 2 aromatic carbocycles. The first-order valence-electron chi connectivity index (χ1n) is 12.2. The number of hydrogen-bond donors (Lipinski definition) is 1. The fourth-order valence-corrected chi connectivity index (χ4v) is 5.03. The van der Waals surface area contributed by atoms with Gasteiger partial charge in [0.25, 0.3) is 11.8 Å². The van der Waals surface area contributed by atoms with Gasteiger partial charge in [-0.1, -0.05) is 24.3 Å². The maximum atomic E-state index is 13.8. The SMILES string of the molecule is COc1cccc(C(=O)N2C(C(=O)NC3CC3)COC23CCN(C(=O)c2ccccc2C)CC3)c1. The molecule has 1 unspecified atom stereocenters. The third kappa shape index (κ3) is 4.50. The lowest BCUT2D eigenvalue weighted by atomic mass is 9.95. The van der Waals surface area contributed by atoms with Gasteiger partial charge < -0.3 is 19.7 Å². The van der Waals surface area contributed by atoms with Gasteiger partial charge in [0.2, 0.25) is 5.91 Å². The van der Waals surface area contributed by atoms with Crippen LogP contribution >= 0.6 is 0 Å². The maximum absolute atomic E-state index is 13.8. The highest BCUT2D eigenvalue weighted by atomic mass is 16.5. The van der Waals surface area contributed by atoms with Crippen LogP contribution in [0, 0.1) is 6.92 Å². The van der Waals surface area contributed by atoms with Gasteiger partial charge in [-0.05, 0) is 49.6 Å². The molecular formula is C27H31N3O5. The Morgan fingerprint density at radius 1 is 1.03 bits per heavy atom. The van der Waals surface area contributed by atoms with E-state index in [2.05, 4.69) is 5.32 Å². The van der Waals surface area contributed by atoms with Gasteiger partial charge in [-0.3, -0.25) is 19.3 Å². The third-order valence-electron chi connectivity index (χ3n) is 7.23. The highest BCUT2D eigenvalue weighted by Crippen LogP contribution is 2.39. The molecule has 3 amide bonds. The highest BCUT2D eigenvalue weighted by molar-refractivity contribution is 5.99. The van der Waals surface area contributed by atoms with Crippen LogP contribution in [0.25, 0.3) is 0 Å². The molecule has 2 saturated heterocycles. The normalized spacial score (nSPS) is 21.1. The predicted molar refractivity (Wildman–Crippen MR) is 129 cm³/mol. The van der Waals surface area contributed by atoms with Crippen LogP contribution in [-0.4, -0.2) is 72.1 Å². The Morgan fingerprint density at radius 2 is 1.77 bits per heavy atom. The van der Waals surface area contributed by atoms with Crippen molar-refractivity contribution in [1.82, 2.24) is 15.1 Å². The summed E-state index contributed by atoms with van der Waals surface area (Å²) in [6.07, 6.45) is 2.80. The highest BCUT2D eigenvalue weighted by Gasteiger charge is 2.54. The number of nitrogens with one attached hydrogen (secondary N) is 1. The number of methoxy groups -OCH3 is 1. The van der Waals surface area contributed by atoms with Crippen molar-refractivity contribution in [3.8, 4) is 5.75 Å². The topological polar surface area (TPSA) is 88.2 Å². The molecule has 1 atom stereocenters. The molecule has 35 heavy (non-hydrogen) atoms. The summed E-state index contributed by atoms with van der Waals surface area (Å²) in [5.41, 5.74) is 1.12. The van der Waals surface area contributed by atoms with Gasteiger partial charge in [-0.15, -0.1) is 0 Å². The molecular weight excluding hydrogens is 446 g/mol. The summed E-state index contributed by atoms with van der Waals surface area (Å²) in [6.45, 7) is 2.94. The summed E-state index contributed by atoms with van der Waals surface area (Å²) in [7, 11) is 1.55. The molecule has 2 aliphatic heterocycles. The molecule has 0 bridgehead atoms. The van der Waals surface area contributed by atoms with E-state index in [0.29, 0.717) is 42.8 Å². The molecule has 8 heteroatoms. The summed E-state index contributed by atoms with van der Waals surface area (Å²) in [5, 5.41) is 3.03. The number of hydrogen-bond acceptors (Lipinski definition) is 5. The Balaban J connectivity index is 1.39. The fourth-order valence-electron chi connectivity index (χ4n) is 5.03. The number of aryl methyl sites for hydroxylation is 1. The molecule has 1 saturated carbocycles. The Kier molecular flexibility index (Phi) is 6.23. The van der Waals surface area contributed by atoms with E-state index in [-0.39, 0.29) is 30.4 Å². The number of likely N-dealkylation sites (tertiary alicyclic amines) is 1. The van der Waals surface area contributed by atoms with E-state index in [1.165, 1.54) is 0 Å². The van der Waals surface area contributed by atoms with Crippen molar-refractivity contribution in [1.29, 1.82) is 0 Å². The van der Waals surface area contributed by atoms with E-state index in [0.717, 1.165) is 18.4 Å². The molecule has 2 heterocycles. The standard InChI is InChI=1S/C27H31N3O5/c1-18-6-3-4-9-22(18)26(33)29-14-12-27(13-15-29)30(23(17-35-27)24(31)28-20-10-11-20)25(32)19-7-5-8-21(16-19)34-2/h3-9,16,20,23H,10-15,17H2,1-2H3,(H,28,31). The molecule has 2 aromatic rings. The van der Waals surface area contributed by atoms with Crippen LogP contribution in [0.3, 0.4) is 0 Å². The van der Waals surface area contributed by atoms with Gasteiger partial charge >= 0.3 is 0 Å². The number of carbonyl (C=O) groups is 3. The molecule has 0 aromatic heterocycles. The molecule has 1 spiro atoms. The second-order valence-corrected chi connectivity index (χ2v) is 9.57. The summed E-state index contributed by atoms with van der Waals surface area (Å²) >= 11 is 0. The third-order valence-corrected chi connectivity index (χ3v) is 7.23. The van der Waals surface area contributed by atoms with E-state index in [1.54, 1.807) is 36.3 Å². The first-order valence-corrected chi connectivity index (χ1v) is 12.2. The summed E-state index contributed by atoms with van der Waals surface area (Å²) < 4.78 is 11.6. The lowest BCUT2D eigenvalue weighted by Gasteiger charge is -2.44. The van der Waals surface area contributed by atoms with Crippen molar-refractivity contribution >= 4 is 17.7 Å². The molecule has 8 nitrogen and oxygen atoms in total. The Bertz CT molecular complexity index is 1140. The largest absolute Gasteiger partial charge is 0.497 e. The molecule has 1 aliphatic carbocycles. The van der Waals surface area contributed by atoms with Crippen LogP contribution in [0.4, 0.5) is 0 Å². The number of piperidine rings is 1. The second kappa shape index (κ2) is 9.34. The lowest BCUT2D eigenvalue weighted by Crippen LogP contribution is -2.60. The van der Waals surface area contributed by atoms with E-state index in [9.17, 15) is 14.4 Å². The van der Waals surface area contributed by atoms with E-state index in [1.807, 2.05) is 36.1 Å². The van der Waals surface area contributed by atoms with Crippen molar-refractivity contribution in [2.45, 2.75) is 50.4 Å². The summed E-state index contributed by atoms with van der Waals surface area (Å²) in [6, 6.07) is 14.0. The molecule has 1 N–H and O–H groups in total. The zero-order valence-corrected chi connectivity index (χ0v) is 20.2. The van der Waals surface area contributed by atoms with E-state index < -0.39 is 11.8 Å². The second-order valence-electron chi connectivity index (χ2n) is 9.57. The smallest absolute Gasteiger partial charge is 0.257 e. The number of ether oxygens (including phenoxy) is 2. The predicted octanol–water partition coefficient (Wildman–Crippen LogP) is 2.76. The van der Waals surface area contributed by atoms with Crippen LogP contribution in [0.5, 0.6) is 5.75 Å². The zero-order chi connectivity index (χ0) is 24.6. The fraction of sp³-hybridized carbons (Fsp3) is 0.444. The molecule has 0 radical (unpaired) electrons. The summed E-state index contributed by atoms with van der Waals surface area (Å²) in [5.74, 6) is 0.0994. The Hall–Kier alpha value is -3.39. The summed E-state index contributed by atoms with van der Waals surface area (Å²) in [4.78, 5) is 43.5. The molecule has 3 aliphatic rings. The average molecular weight is 478 g/mol. The lowest BCUT2D eigenvalue weighted by molar-refractivity contribution is -0.128. The number of nitrogens with zero attached hydrogens (tertiary/aromatic N) is 2. The van der Waals surface area contributed by atoms with Gasteiger partial charge in [0, 0.05) is 43.1 Å². The minimum Gasteiger partial charge on any atom is -0.497 e. The van der Waals surface area contributed by atoms with Crippen molar-refractivity contribution in [3.05, 3.63) is 65.2 Å². The van der Waals surface area contributed by atoms with Crippen LogP contribution in [0.1, 0.15) is 52.0 Å². The quantitative estimate of drug-likeness (QED) is 0.716. The van der Waals surface area contributed by atoms with Crippen LogP contribution in [-0.2, 0) is 9.53 Å². The van der Waals surface area contributed by atoms with Gasteiger partial charge in [0.1, 0.15) is 17.5 Å².